The molecule has 0 radical (unpaired) electrons. The summed E-state index contributed by atoms with van der Waals surface area (Å²) in [4.78, 5) is 38.5. The fourth-order valence-corrected chi connectivity index (χ4v) is 3.07. The highest BCUT2D eigenvalue weighted by molar-refractivity contribution is 5.83. The van der Waals surface area contributed by atoms with Crippen molar-refractivity contribution < 1.29 is 23.9 Å². The van der Waals surface area contributed by atoms with E-state index in [0.29, 0.717) is 19.5 Å². The van der Waals surface area contributed by atoms with E-state index in [9.17, 15) is 14.4 Å². The minimum absolute atomic E-state index is 0.180. The van der Waals surface area contributed by atoms with Crippen LogP contribution in [0.5, 0.6) is 0 Å². The van der Waals surface area contributed by atoms with E-state index in [-0.39, 0.29) is 25.0 Å². The van der Waals surface area contributed by atoms with Crippen molar-refractivity contribution >= 4 is 18.1 Å². The van der Waals surface area contributed by atoms with Crippen molar-refractivity contribution in [1.29, 1.82) is 0 Å². The summed E-state index contributed by atoms with van der Waals surface area (Å²) in [6.45, 7) is 8.51. The fraction of sp³-hybridized carbons (Fsp3) is 0.591. The molecule has 1 fully saturated rings. The summed E-state index contributed by atoms with van der Waals surface area (Å²) in [6.07, 6.45) is 1.43. The van der Waals surface area contributed by atoms with Crippen molar-refractivity contribution in [2.75, 3.05) is 13.1 Å². The molecule has 8 nitrogen and oxygen atoms in total. The molecule has 166 valence electrons. The van der Waals surface area contributed by atoms with Crippen LogP contribution in [0, 0.1) is 0 Å². The first-order valence-corrected chi connectivity index (χ1v) is 10.5. The lowest BCUT2D eigenvalue weighted by atomic mass is 10.1. The summed E-state index contributed by atoms with van der Waals surface area (Å²) in [5.74, 6) is -0.238. The normalized spacial score (nSPS) is 16.2. The highest BCUT2D eigenvalue weighted by Gasteiger charge is 2.37. The number of hydrogen-bond donors (Lipinski definition) is 1. The zero-order valence-corrected chi connectivity index (χ0v) is 18.3. The highest BCUT2D eigenvalue weighted by Crippen LogP contribution is 2.19. The average molecular weight is 420 g/mol. The maximum Gasteiger partial charge on any atom is 0.429 e. The Morgan fingerprint density at radius 2 is 1.90 bits per heavy atom. The summed E-state index contributed by atoms with van der Waals surface area (Å²) in [5.41, 5.74) is 2.81. The average Bonchev–Trinajstić information content (AvgIpc) is 3.06. The number of amides is 3. The molecule has 1 aromatic carbocycles. The second kappa shape index (κ2) is 10.8. The molecule has 0 aromatic heterocycles. The van der Waals surface area contributed by atoms with Gasteiger partial charge in [-0.2, -0.15) is 0 Å². The van der Waals surface area contributed by atoms with Gasteiger partial charge in [0.2, 0.25) is 5.91 Å². The Morgan fingerprint density at radius 3 is 2.53 bits per heavy atom. The molecule has 1 saturated heterocycles. The standard InChI is InChI=1S/C22H33N3O5/c1-5-6-13-24(20(27)29-16-17-10-8-7-9-11-17)14-12-18-15-19(26)23-25(18)21(28)30-22(2,3)4/h7-11,18H,5-6,12-16H2,1-4H3,(H,23,26). The van der Waals surface area contributed by atoms with Crippen LogP contribution in [-0.2, 0) is 20.9 Å². The van der Waals surface area contributed by atoms with Gasteiger partial charge in [-0.15, -0.1) is 0 Å². The van der Waals surface area contributed by atoms with E-state index in [2.05, 4.69) is 12.3 Å². The van der Waals surface area contributed by atoms with Gasteiger partial charge in [0, 0.05) is 13.1 Å². The van der Waals surface area contributed by atoms with Crippen LogP contribution in [0.3, 0.4) is 0 Å². The van der Waals surface area contributed by atoms with E-state index in [0.717, 1.165) is 18.4 Å². The molecule has 1 aliphatic rings. The number of hydrazine groups is 1. The maximum atomic E-state index is 12.6. The van der Waals surface area contributed by atoms with Crippen molar-refractivity contribution in [2.24, 2.45) is 0 Å². The molecule has 1 unspecified atom stereocenters. The predicted molar refractivity (Wildman–Crippen MR) is 112 cm³/mol. The number of benzene rings is 1. The molecule has 1 aromatic rings. The molecule has 1 aliphatic heterocycles. The number of unbranched alkanes of at least 4 members (excludes halogenated alkanes) is 1. The lowest BCUT2D eigenvalue weighted by Gasteiger charge is -2.29. The Hall–Kier alpha value is -2.77. The second-order valence-corrected chi connectivity index (χ2v) is 8.41. The topological polar surface area (TPSA) is 88.2 Å². The van der Waals surface area contributed by atoms with E-state index < -0.39 is 17.8 Å². The Balaban J connectivity index is 1.95. The summed E-state index contributed by atoms with van der Waals surface area (Å²) in [6, 6.07) is 9.13. The fourth-order valence-electron chi connectivity index (χ4n) is 3.07. The van der Waals surface area contributed by atoms with Crippen LogP contribution in [0.4, 0.5) is 9.59 Å². The zero-order valence-electron chi connectivity index (χ0n) is 18.3. The quantitative estimate of drug-likeness (QED) is 0.691. The second-order valence-electron chi connectivity index (χ2n) is 8.41. The molecule has 0 bridgehead atoms. The molecule has 1 atom stereocenters. The lowest BCUT2D eigenvalue weighted by molar-refractivity contribution is -0.121. The molecular weight excluding hydrogens is 386 g/mol. The van der Waals surface area contributed by atoms with Crippen molar-refractivity contribution in [3.05, 3.63) is 35.9 Å². The largest absolute Gasteiger partial charge is 0.445 e. The first-order chi connectivity index (χ1) is 14.2. The van der Waals surface area contributed by atoms with E-state index in [1.165, 1.54) is 5.01 Å². The molecule has 8 heteroatoms. The van der Waals surface area contributed by atoms with E-state index in [4.69, 9.17) is 9.47 Å². The van der Waals surface area contributed by atoms with Gasteiger partial charge < -0.3 is 14.4 Å². The van der Waals surface area contributed by atoms with Crippen LogP contribution >= 0.6 is 0 Å². The van der Waals surface area contributed by atoms with Gasteiger partial charge >= 0.3 is 12.2 Å². The molecule has 1 N–H and O–H groups in total. The van der Waals surface area contributed by atoms with Gasteiger partial charge in [-0.25, -0.2) is 14.6 Å². The number of nitrogens with zero attached hydrogens (tertiary/aromatic N) is 2. The van der Waals surface area contributed by atoms with Gasteiger partial charge in [0.05, 0.1) is 12.5 Å². The zero-order chi connectivity index (χ0) is 22.1. The number of carbonyl (C=O) groups excluding carboxylic acids is 3. The summed E-state index contributed by atoms with van der Waals surface area (Å²) < 4.78 is 10.8. The molecule has 2 rings (SSSR count). The van der Waals surface area contributed by atoms with E-state index in [1.54, 1.807) is 25.7 Å². The Kier molecular flexibility index (Phi) is 8.50. The molecule has 30 heavy (non-hydrogen) atoms. The van der Waals surface area contributed by atoms with Crippen LogP contribution in [0.2, 0.25) is 0 Å². The van der Waals surface area contributed by atoms with Crippen molar-refractivity contribution in [2.45, 2.75) is 71.6 Å². The summed E-state index contributed by atoms with van der Waals surface area (Å²) in [5, 5.41) is 1.24. The Bertz CT molecular complexity index is 717. The molecular formula is C22H33N3O5. The summed E-state index contributed by atoms with van der Waals surface area (Å²) >= 11 is 0. The van der Waals surface area contributed by atoms with Gasteiger partial charge in [-0.1, -0.05) is 43.7 Å². The van der Waals surface area contributed by atoms with Crippen LogP contribution in [-0.4, -0.2) is 52.7 Å². The molecule has 0 saturated carbocycles. The number of hydrogen-bond acceptors (Lipinski definition) is 5. The number of nitrogens with one attached hydrogen (secondary N) is 1. The van der Waals surface area contributed by atoms with Gasteiger partial charge in [0.25, 0.3) is 0 Å². The van der Waals surface area contributed by atoms with Gasteiger partial charge in [0.15, 0.2) is 0 Å². The third-order valence-corrected chi connectivity index (χ3v) is 4.60. The van der Waals surface area contributed by atoms with Crippen LogP contribution < -0.4 is 5.43 Å². The van der Waals surface area contributed by atoms with Gasteiger partial charge in [-0.05, 0) is 39.2 Å². The number of carbonyl (C=O) groups is 3. The third kappa shape index (κ3) is 7.57. The van der Waals surface area contributed by atoms with Gasteiger partial charge in [-0.3, -0.25) is 10.2 Å². The summed E-state index contributed by atoms with van der Waals surface area (Å²) in [7, 11) is 0. The first kappa shape index (κ1) is 23.5. The first-order valence-electron chi connectivity index (χ1n) is 10.5. The molecule has 3 amide bonds. The number of ether oxygens (including phenoxy) is 2. The Morgan fingerprint density at radius 1 is 1.20 bits per heavy atom. The number of rotatable bonds is 8. The monoisotopic (exact) mass is 419 g/mol. The minimum Gasteiger partial charge on any atom is -0.445 e. The van der Waals surface area contributed by atoms with Gasteiger partial charge in [0.1, 0.15) is 12.2 Å². The third-order valence-electron chi connectivity index (χ3n) is 4.60. The minimum atomic E-state index is -0.663. The van der Waals surface area contributed by atoms with Crippen molar-refractivity contribution in [1.82, 2.24) is 15.3 Å². The predicted octanol–water partition coefficient (Wildman–Crippen LogP) is 3.86. The van der Waals surface area contributed by atoms with Crippen molar-refractivity contribution in [3.8, 4) is 0 Å². The molecule has 0 spiro atoms. The lowest BCUT2D eigenvalue weighted by Crippen LogP contribution is -2.47. The van der Waals surface area contributed by atoms with E-state index >= 15 is 0 Å². The van der Waals surface area contributed by atoms with Crippen LogP contribution in [0.1, 0.15) is 58.9 Å². The smallest absolute Gasteiger partial charge is 0.429 e. The molecule has 0 aliphatic carbocycles. The van der Waals surface area contributed by atoms with Crippen molar-refractivity contribution in [3.63, 3.8) is 0 Å². The molecule has 1 heterocycles. The highest BCUT2D eigenvalue weighted by atomic mass is 16.6. The maximum absolute atomic E-state index is 12.6. The van der Waals surface area contributed by atoms with E-state index in [1.807, 2.05) is 30.3 Å². The SMILES string of the molecule is CCCCN(CCC1CC(=O)NN1C(=O)OC(C)(C)C)C(=O)OCc1ccccc1. The van der Waals surface area contributed by atoms with Crippen LogP contribution in [0.15, 0.2) is 30.3 Å². The Labute approximate surface area is 178 Å². The van der Waals surface area contributed by atoms with Crippen LogP contribution in [0.25, 0.3) is 0 Å².